The van der Waals surface area contributed by atoms with Gasteiger partial charge in [0.15, 0.2) is 5.60 Å². The highest BCUT2D eigenvalue weighted by Crippen LogP contribution is 2.41. The summed E-state index contributed by atoms with van der Waals surface area (Å²) in [4.78, 5) is 29.9. The first kappa shape index (κ1) is 17.8. The van der Waals surface area contributed by atoms with Gasteiger partial charge in [0.25, 0.3) is 5.56 Å². The van der Waals surface area contributed by atoms with Gasteiger partial charge < -0.3 is 20.1 Å². The van der Waals surface area contributed by atoms with Crippen LogP contribution in [0.1, 0.15) is 35.6 Å². The van der Waals surface area contributed by atoms with Gasteiger partial charge in [-0.2, -0.15) is 0 Å². The summed E-state index contributed by atoms with van der Waals surface area (Å²) in [7, 11) is 0. The molecule has 2 aliphatic heterocycles. The maximum absolute atomic E-state index is 14.1. The molecule has 0 unspecified atom stereocenters. The number of carbonyl (C=O) groups excluding carboxylic acids is 1. The Morgan fingerprint density at radius 1 is 1.31 bits per heavy atom. The molecule has 29 heavy (non-hydrogen) atoms. The molecule has 0 radical (unpaired) electrons. The van der Waals surface area contributed by atoms with Gasteiger partial charge in [-0.1, -0.05) is 6.92 Å². The predicted molar refractivity (Wildman–Crippen MR) is 104 cm³/mol. The number of nitrogens with zero attached hydrogens (tertiary/aromatic N) is 2. The van der Waals surface area contributed by atoms with Crippen molar-refractivity contribution in [3.8, 4) is 11.4 Å². The minimum atomic E-state index is -1.89. The first-order chi connectivity index (χ1) is 13.8. The van der Waals surface area contributed by atoms with Crippen molar-refractivity contribution in [3.63, 3.8) is 0 Å². The van der Waals surface area contributed by atoms with Gasteiger partial charge >= 0.3 is 5.97 Å². The van der Waals surface area contributed by atoms with E-state index in [1.807, 2.05) is 0 Å². The molecule has 0 spiro atoms. The summed E-state index contributed by atoms with van der Waals surface area (Å²) >= 11 is 0. The Labute approximate surface area is 164 Å². The zero-order valence-corrected chi connectivity index (χ0v) is 15.9. The molecule has 0 amide bonds. The number of hydrogen-bond acceptors (Lipinski definition) is 6. The third-order valence-electron chi connectivity index (χ3n) is 6.01. The number of nitrogens with two attached hydrogens (primary N) is 1. The summed E-state index contributed by atoms with van der Waals surface area (Å²) in [6.07, 6.45) is 0.0619. The molecule has 3 N–H and O–H groups in total. The lowest BCUT2D eigenvalue weighted by atomic mass is 9.86. The standard InChI is InChI=1S/C21H18FN3O4/c1-3-21(28)13-5-16-18-11(7-25(16)19(26)12(13)8-29-20(21)27)17(23)10-4-9(2)14(22)6-15(10)24-18/h4-6,28H,3,7-8H2,1-2H3,(H2,23,24)/t21-/m0/s1. The third-order valence-corrected chi connectivity index (χ3v) is 6.01. The number of carbonyl (C=O) groups is 1. The second-order valence-electron chi connectivity index (χ2n) is 7.57. The number of hydrogen-bond donors (Lipinski definition) is 2. The number of anilines is 1. The molecular formula is C21H18FN3O4. The van der Waals surface area contributed by atoms with Gasteiger partial charge in [-0.15, -0.1) is 0 Å². The van der Waals surface area contributed by atoms with Crippen LogP contribution in [0.15, 0.2) is 23.0 Å². The first-order valence-corrected chi connectivity index (χ1v) is 9.31. The number of nitrogen functional groups attached to an aromatic ring is 1. The van der Waals surface area contributed by atoms with E-state index in [0.717, 1.165) is 0 Å². The van der Waals surface area contributed by atoms with E-state index in [4.69, 9.17) is 10.5 Å². The minimum Gasteiger partial charge on any atom is -0.458 e. The van der Waals surface area contributed by atoms with E-state index >= 15 is 0 Å². The Morgan fingerprint density at radius 2 is 2.07 bits per heavy atom. The number of aryl methyl sites for hydroxylation is 1. The second-order valence-corrected chi connectivity index (χ2v) is 7.57. The molecule has 0 bridgehead atoms. The third kappa shape index (κ3) is 2.17. The summed E-state index contributed by atoms with van der Waals surface area (Å²) in [5, 5.41) is 11.5. The van der Waals surface area contributed by atoms with Crippen LogP contribution in [0.25, 0.3) is 22.3 Å². The van der Waals surface area contributed by atoms with Crippen LogP contribution in [0.3, 0.4) is 0 Å². The number of benzene rings is 1. The van der Waals surface area contributed by atoms with Gasteiger partial charge in [0.1, 0.15) is 12.4 Å². The number of esters is 1. The number of pyridine rings is 2. The molecule has 2 aliphatic rings. The number of rotatable bonds is 1. The van der Waals surface area contributed by atoms with Crippen molar-refractivity contribution in [1.82, 2.24) is 9.55 Å². The van der Waals surface area contributed by atoms with Gasteiger partial charge in [-0.3, -0.25) is 4.79 Å². The molecule has 2 aromatic heterocycles. The van der Waals surface area contributed by atoms with E-state index in [0.29, 0.717) is 39.1 Å². The SMILES string of the molecule is CC[C@@]1(O)C(=O)OCc2c1cc1n(c2=O)Cc2c-1nc1cc(F)c(C)cc1c2N. The molecule has 8 heteroatoms. The van der Waals surface area contributed by atoms with Crippen LogP contribution in [0.2, 0.25) is 0 Å². The highest BCUT2D eigenvalue weighted by Gasteiger charge is 2.45. The highest BCUT2D eigenvalue weighted by atomic mass is 19.1. The van der Waals surface area contributed by atoms with Crippen LogP contribution in [0, 0.1) is 12.7 Å². The predicted octanol–water partition coefficient (Wildman–Crippen LogP) is 2.11. The molecule has 0 fully saturated rings. The maximum Gasteiger partial charge on any atom is 0.343 e. The van der Waals surface area contributed by atoms with E-state index in [-0.39, 0.29) is 36.3 Å². The quantitative estimate of drug-likeness (QED) is 0.478. The molecular weight excluding hydrogens is 377 g/mol. The zero-order valence-electron chi connectivity index (χ0n) is 15.9. The topological polar surface area (TPSA) is 107 Å². The van der Waals surface area contributed by atoms with E-state index < -0.39 is 17.4 Å². The number of aliphatic hydroxyl groups is 1. The molecule has 1 aromatic carbocycles. The van der Waals surface area contributed by atoms with Crippen molar-refractivity contribution < 1.29 is 19.0 Å². The number of halogens is 1. The van der Waals surface area contributed by atoms with Crippen molar-refractivity contribution in [2.45, 2.75) is 39.0 Å². The largest absolute Gasteiger partial charge is 0.458 e. The Kier molecular flexibility index (Phi) is 3.46. The fraction of sp³-hybridized carbons (Fsp3) is 0.286. The van der Waals surface area contributed by atoms with Crippen LogP contribution in [-0.4, -0.2) is 20.6 Å². The highest BCUT2D eigenvalue weighted by molar-refractivity contribution is 5.96. The Hall–Kier alpha value is -3.26. The Balaban J connectivity index is 1.83. The average molecular weight is 395 g/mol. The van der Waals surface area contributed by atoms with Crippen LogP contribution in [0.5, 0.6) is 0 Å². The molecule has 4 heterocycles. The van der Waals surface area contributed by atoms with Gasteiger partial charge in [0.05, 0.1) is 29.0 Å². The summed E-state index contributed by atoms with van der Waals surface area (Å²) in [5.41, 5.74) is 7.43. The lowest BCUT2D eigenvalue weighted by molar-refractivity contribution is -0.172. The fourth-order valence-corrected chi connectivity index (χ4v) is 4.24. The van der Waals surface area contributed by atoms with E-state index in [1.165, 1.54) is 10.6 Å². The first-order valence-electron chi connectivity index (χ1n) is 9.31. The van der Waals surface area contributed by atoms with Gasteiger partial charge in [0.2, 0.25) is 0 Å². The van der Waals surface area contributed by atoms with Crippen molar-refractivity contribution >= 4 is 22.6 Å². The molecule has 148 valence electrons. The van der Waals surface area contributed by atoms with Crippen LogP contribution < -0.4 is 11.3 Å². The fourth-order valence-electron chi connectivity index (χ4n) is 4.24. The van der Waals surface area contributed by atoms with Crippen molar-refractivity contribution in [2.75, 3.05) is 5.73 Å². The summed E-state index contributed by atoms with van der Waals surface area (Å²) in [6, 6.07) is 4.57. The Morgan fingerprint density at radius 3 is 2.79 bits per heavy atom. The van der Waals surface area contributed by atoms with Crippen molar-refractivity contribution in [1.29, 1.82) is 0 Å². The Bertz CT molecular complexity index is 1310. The van der Waals surface area contributed by atoms with Gasteiger partial charge in [-0.25, -0.2) is 14.2 Å². The molecule has 0 saturated carbocycles. The van der Waals surface area contributed by atoms with Crippen molar-refractivity contribution in [2.24, 2.45) is 0 Å². The van der Waals surface area contributed by atoms with Gasteiger partial charge in [-0.05, 0) is 31.0 Å². The average Bonchev–Trinajstić information content (AvgIpc) is 3.06. The molecule has 0 saturated heterocycles. The summed E-state index contributed by atoms with van der Waals surface area (Å²) in [6.45, 7) is 3.31. The summed E-state index contributed by atoms with van der Waals surface area (Å²) < 4.78 is 20.6. The number of aromatic nitrogens is 2. The van der Waals surface area contributed by atoms with Crippen LogP contribution >= 0.6 is 0 Å². The summed E-state index contributed by atoms with van der Waals surface area (Å²) in [5.74, 6) is -1.17. The maximum atomic E-state index is 14.1. The minimum absolute atomic E-state index is 0.0619. The molecule has 0 aliphatic carbocycles. The monoisotopic (exact) mass is 395 g/mol. The number of ether oxygens (including phenoxy) is 1. The van der Waals surface area contributed by atoms with E-state index in [1.54, 1.807) is 26.0 Å². The molecule has 3 aromatic rings. The van der Waals surface area contributed by atoms with Crippen molar-refractivity contribution in [3.05, 3.63) is 56.6 Å². The second kappa shape index (κ2) is 5.64. The molecule has 7 nitrogen and oxygen atoms in total. The van der Waals surface area contributed by atoms with E-state index in [2.05, 4.69) is 4.98 Å². The molecule has 5 rings (SSSR count). The number of fused-ring (bicyclic) bond motifs is 5. The molecule has 1 atom stereocenters. The van der Waals surface area contributed by atoms with Gasteiger partial charge in [0, 0.05) is 28.3 Å². The zero-order chi connectivity index (χ0) is 20.7. The van der Waals surface area contributed by atoms with Crippen LogP contribution in [-0.2, 0) is 28.3 Å². The smallest absolute Gasteiger partial charge is 0.343 e. The van der Waals surface area contributed by atoms with E-state index in [9.17, 15) is 19.1 Å². The van der Waals surface area contributed by atoms with Crippen LogP contribution in [0.4, 0.5) is 10.1 Å². The lowest BCUT2D eigenvalue weighted by Gasteiger charge is -2.31. The normalized spacial score (nSPS) is 19.7. The number of cyclic esters (lactones) is 1. The lowest BCUT2D eigenvalue weighted by Crippen LogP contribution is -2.44.